The van der Waals surface area contributed by atoms with Gasteiger partial charge in [0.25, 0.3) is 0 Å². The molecule has 0 saturated carbocycles. The van der Waals surface area contributed by atoms with Gasteiger partial charge in [-0.2, -0.15) is 0 Å². The van der Waals surface area contributed by atoms with E-state index < -0.39 is 0 Å². The summed E-state index contributed by atoms with van der Waals surface area (Å²) in [5, 5.41) is 7.09. The van der Waals surface area contributed by atoms with Gasteiger partial charge in [0, 0.05) is 30.7 Å². The average Bonchev–Trinajstić information content (AvgIpc) is 2.34. The molecule has 1 atom stereocenters. The summed E-state index contributed by atoms with van der Waals surface area (Å²) in [6.45, 7) is 4.22. The smallest absolute Gasteiger partial charge is 0.321 e. The maximum atomic E-state index is 12.1. The lowest BCUT2D eigenvalue weighted by Gasteiger charge is -2.31. The minimum absolute atomic E-state index is 0.146. The van der Waals surface area contributed by atoms with E-state index in [4.69, 9.17) is 23.2 Å². The highest BCUT2D eigenvalue weighted by Gasteiger charge is 2.20. The van der Waals surface area contributed by atoms with Gasteiger partial charge in [-0.3, -0.25) is 0 Å². The van der Waals surface area contributed by atoms with E-state index in [1.807, 2.05) is 6.92 Å². The Morgan fingerprint density at radius 3 is 3.00 bits per heavy atom. The first-order valence-corrected chi connectivity index (χ1v) is 6.56. The van der Waals surface area contributed by atoms with Crippen LogP contribution in [0.1, 0.15) is 6.92 Å². The largest absolute Gasteiger partial charge is 0.322 e. The fourth-order valence-corrected chi connectivity index (χ4v) is 2.24. The van der Waals surface area contributed by atoms with E-state index in [1.54, 1.807) is 23.1 Å². The SMILES string of the molecule is C[C@@H]1CN(C(=O)Nc2cc(Cl)ccc2Cl)CCN1. The van der Waals surface area contributed by atoms with Gasteiger partial charge < -0.3 is 15.5 Å². The first-order valence-electron chi connectivity index (χ1n) is 5.80. The molecule has 1 fully saturated rings. The third kappa shape index (κ3) is 3.28. The molecule has 0 spiro atoms. The predicted molar refractivity (Wildman–Crippen MR) is 74.5 cm³/mol. The van der Waals surface area contributed by atoms with Gasteiger partial charge in [-0.05, 0) is 25.1 Å². The van der Waals surface area contributed by atoms with Crippen molar-refractivity contribution in [3.8, 4) is 0 Å². The maximum absolute atomic E-state index is 12.1. The molecule has 98 valence electrons. The predicted octanol–water partition coefficient (Wildman–Crippen LogP) is 2.82. The number of carbonyl (C=O) groups is 1. The fraction of sp³-hybridized carbons (Fsp3) is 0.417. The number of piperazine rings is 1. The van der Waals surface area contributed by atoms with Crippen LogP contribution in [0.2, 0.25) is 10.0 Å². The van der Waals surface area contributed by atoms with Gasteiger partial charge in [0.05, 0.1) is 10.7 Å². The van der Waals surface area contributed by atoms with Crippen LogP contribution in [0.25, 0.3) is 0 Å². The molecule has 0 aliphatic carbocycles. The summed E-state index contributed by atoms with van der Waals surface area (Å²) in [5.41, 5.74) is 0.542. The van der Waals surface area contributed by atoms with Crippen LogP contribution >= 0.6 is 23.2 Å². The monoisotopic (exact) mass is 287 g/mol. The topological polar surface area (TPSA) is 44.4 Å². The molecule has 1 aromatic carbocycles. The summed E-state index contributed by atoms with van der Waals surface area (Å²) >= 11 is 11.9. The number of carbonyl (C=O) groups excluding carboxylic acids is 1. The second-order valence-corrected chi connectivity index (χ2v) is 5.20. The third-order valence-electron chi connectivity index (χ3n) is 2.83. The van der Waals surface area contributed by atoms with Gasteiger partial charge in [0.15, 0.2) is 0 Å². The van der Waals surface area contributed by atoms with Crippen LogP contribution in [0.4, 0.5) is 10.5 Å². The Balaban J connectivity index is 2.04. The number of hydrogen-bond donors (Lipinski definition) is 2. The molecule has 18 heavy (non-hydrogen) atoms. The number of benzene rings is 1. The van der Waals surface area contributed by atoms with Crippen molar-refractivity contribution in [1.82, 2.24) is 10.2 Å². The maximum Gasteiger partial charge on any atom is 0.321 e. The third-order valence-corrected chi connectivity index (χ3v) is 3.39. The van der Waals surface area contributed by atoms with E-state index >= 15 is 0 Å². The lowest BCUT2D eigenvalue weighted by Crippen LogP contribution is -2.52. The Labute approximate surface area is 116 Å². The molecule has 0 aromatic heterocycles. The molecule has 1 heterocycles. The van der Waals surface area contributed by atoms with E-state index in [0.29, 0.717) is 34.9 Å². The highest BCUT2D eigenvalue weighted by atomic mass is 35.5. The van der Waals surface area contributed by atoms with Crippen molar-refractivity contribution in [2.75, 3.05) is 25.0 Å². The summed E-state index contributed by atoms with van der Waals surface area (Å²) in [6.07, 6.45) is 0. The number of halogens is 2. The second kappa shape index (κ2) is 5.78. The van der Waals surface area contributed by atoms with Gasteiger partial charge in [0.1, 0.15) is 0 Å². The number of nitrogens with zero attached hydrogens (tertiary/aromatic N) is 1. The fourth-order valence-electron chi connectivity index (χ4n) is 1.90. The van der Waals surface area contributed by atoms with E-state index in [2.05, 4.69) is 10.6 Å². The minimum atomic E-state index is -0.146. The zero-order valence-electron chi connectivity index (χ0n) is 10.0. The molecule has 1 aliphatic rings. The van der Waals surface area contributed by atoms with Crippen LogP contribution in [0.3, 0.4) is 0 Å². The molecule has 2 N–H and O–H groups in total. The van der Waals surface area contributed by atoms with E-state index in [-0.39, 0.29) is 6.03 Å². The molecule has 6 heteroatoms. The summed E-state index contributed by atoms with van der Waals surface area (Å²) in [4.78, 5) is 13.8. The van der Waals surface area contributed by atoms with E-state index in [1.165, 1.54) is 0 Å². The van der Waals surface area contributed by atoms with Crippen LogP contribution in [-0.2, 0) is 0 Å². The van der Waals surface area contributed by atoms with Gasteiger partial charge in [-0.1, -0.05) is 23.2 Å². The number of hydrogen-bond acceptors (Lipinski definition) is 2. The van der Waals surface area contributed by atoms with Crippen molar-refractivity contribution in [2.45, 2.75) is 13.0 Å². The van der Waals surface area contributed by atoms with Crippen molar-refractivity contribution >= 4 is 34.9 Å². The number of nitrogens with one attached hydrogen (secondary N) is 2. The average molecular weight is 288 g/mol. The summed E-state index contributed by atoms with van der Waals surface area (Å²) in [6, 6.07) is 5.16. The number of urea groups is 1. The van der Waals surface area contributed by atoms with Gasteiger partial charge in [-0.15, -0.1) is 0 Å². The van der Waals surface area contributed by atoms with Crippen LogP contribution in [0, 0.1) is 0 Å². The molecule has 2 rings (SSSR count). The summed E-state index contributed by atoms with van der Waals surface area (Å²) in [7, 11) is 0. The molecular formula is C12H15Cl2N3O. The number of anilines is 1. The van der Waals surface area contributed by atoms with Crippen LogP contribution in [0.5, 0.6) is 0 Å². The molecule has 1 saturated heterocycles. The van der Waals surface area contributed by atoms with Crippen molar-refractivity contribution in [3.63, 3.8) is 0 Å². The first kappa shape index (κ1) is 13.5. The molecule has 0 bridgehead atoms. The Hall–Kier alpha value is -0.970. The van der Waals surface area contributed by atoms with Crippen molar-refractivity contribution in [2.24, 2.45) is 0 Å². The Morgan fingerprint density at radius 2 is 2.28 bits per heavy atom. The zero-order chi connectivity index (χ0) is 13.1. The molecule has 0 radical (unpaired) electrons. The Morgan fingerprint density at radius 1 is 1.50 bits per heavy atom. The van der Waals surface area contributed by atoms with Gasteiger partial charge in [0.2, 0.25) is 0 Å². The van der Waals surface area contributed by atoms with E-state index in [9.17, 15) is 4.79 Å². The standard InChI is InChI=1S/C12H15Cl2N3O/c1-8-7-17(5-4-15-8)12(18)16-11-6-9(13)2-3-10(11)14/h2-3,6,8,15H,4-5,7H2,1H3,(H,16,18)/t8-/m1/s1. The number of rotatable bonds is 1. The molecule has 0 unspecified atom stereocenters. The molecule has 1 aliphatic heterocycles. The molecule has 1 aromatic rings. The van der Waals surface area contributed by atoms with Crippen LogP contribution in [0.15, 0.2) is 18.2 Å². The number of amides is 2. The zero-order valence-corrected chi connectivity index (χ0v) is 11.6. The quantitative estimate of drug-likeness (QED) is 0.834. The Kier molecular flexibility index (Phi) is 4.32. The molecule has 4 nitrogen and oxygen atoms in total. The highest BCUT2D eigenvalue weighted by molar-refractivity contribution is 6.35. The lowest BCUT2D eigenvalue weighted by molar-refractivity contribution is 0.192. The van der Waals surface area contributed by atoms with Crippen LogP contribution < -0.4 is 10.6 Å². The van der Waals surface area contributed by atoms with Crippen molar-refractivity contribution in [3.05, 3.63) is 28.2 Å². The molecule has 2 amide bonds. The molecular weight excluding hydrogens is 273 g/mol. The highest BCUT2D eigenvalue weighted by Crippen LogP contribution is 2.25. The second-order valence-electron chi connectivity index (χ2n) is 4.36. The lowest BCUT2D eigenvalue weighted by atomic mass is 10.2. The van der Waals surface area contributed by atoms with E-state index in [0.717, 1.165) is 6.54 Å². The van der Waals surface area contributed by atoms with Crippen molar-refractivity contribution < 1.29 is 4.79 Å². The first-order chi connectivity index (χ1) is 8.56. The van der Waals surface area contributed by atoms with Gasteiger partial charge in [-0.25, -0.2) is 4.79 Å². The summed E-state index contributed by atoms with van der Waals surface area (Å²) < 4.78 is 0. The normalized spacial score (nSPS) is 19.7. The Bertz CT molecular complexity index is 453. The van der Waals surface area contributed by atoms with Gasteiger partial charge >= 0.3 is 6.03 Å². The minimum Gasteiger partial charge on any atom is -0.322 e. The van der Waals surface area contributed by atoms with Crippen molar-refractivity contribution in [1.29, 1.82) is 0 Å². The summed E-state index contributed by atoms with van der Waals surface area (Å²) in [5.74, 6) is 0. The van der Waals surface area contributed by atoms with Crippen LogP contribution in [-0.4, -0.2) is 36.6 Å².